The lowest BCUT2D eigenvalue weighted by Crippen LogP contribution is -2.15. The number of nitrogen functional groups attached to an aromatic ring is 1. The van der Waals surface area contributed by atoms with Crippen LogP contribution < -0.4 is 5.73 Å². The molecule has 0 aliphatic heterocycles. The molecule has 188 valence electrons. The van der Waals surface area contributed by atoms with Crippen LogP contribution in [0.25, 0.3) is 33.0 Å². The number of azo groups is 1. The van der Waals surface area contributed by atoms with Gasteiger partial charge in [-0.3, -0.25) is 4.79 Å². The maximum atomic E-state index is 13.7. The Kier molecular flexibility index (Phi) is 5.69. The molecule has 6 aromatic rings. The number of carbonyl (C=O) groups is 1. The van der Waals surface area contributed by atoms with Crippen LogP contribution in [0.4, 0.5) is 21.5 Å². The Bertz CT molecular complexity index is 1820. The van der Waals surface area contributed by atoms with Crippen LogP contribution in [0, 0.1) is 19.7 Å². The molecule has 38 heavy (non-hydrogen) atoms. The van der Waals surface area contributed by atoms with E-state index in [9.17, 15) is 9.18 Å². The van der Waals surface area contributed by atoms with Crippen LogP contribution >= 0.6 is 11.3 Å². The first-order valence-electron chi connectivity index (χ1n) is 11.5. The number of hydrogen-bond acceptors (Lipinski definition) is 9. The van der Waals surface area contributed by atoms with E-state index in [4.69, 9.17) is 19.6 Å². The molecule has 0 aliphatic rings. The molecule has 5 heterocycles. The van der Waals surface area contributed by atoms with Crippen LogP contribution in [0.15, 0.2) is 86.2 Å². The molecule has 11 heteroatoms. The van der Waals surface area contributed by atoms with Gasteiger partial charge in [0.2, 0.25) is 0 Å². The molecule has 0 fully saturated rings. The molecule has 0 aliphatic carbocycles. The first-order chi connectivity index (χ1) is 18.4. The highest BCUT2D eigenvalue weighted by molar-refractivity contribution is 7.21. The third-order valence-corrected chi connectivity index (χ3v) is 7.08. The Labute approximate surface area is 219 Å². The van der Waals surface area contributed by atoms with E-state index in [-0.39, 0.29) is 16.4 Å². The number of aromatic nitrogens is 3. The second-order valence-corrected chi connectivity index (χ2v) is 9.45. The maximum absolute atomic E-state index is 13.7. The van der Waals surface area contributed by atoms with E-state index in [2.05, 4.69) is 15.3 Å². The van der Waals surface area contributed by atoms with Gasteiger partial charge in [-0.2, -0.15) is 14.9 Å². The minimum atomic E-state index is -0.417. The molecule has 0 amide bonds. The Balaban J connectivity index is 1.44. The molecule has 5 aromatic heterocycles. The molecule has 1 aromatic carbocycles. The molecule has 0 saturated carbocycles. The lowest BCUT2D eigenvalue weighted by Gasteiger charge is -2.05. The van der Waals surface area contributed by atoms with Gasteiger partial charge in [-0.25, -0.2) is 9.37 Å². The predicted molar refractivity (Wildman–Crippen MR) is 141 cm³/mol. The predicted octanol–water partition coefficient (Wildman–Crippen LogP) is 7.45. The number of pyridine rings is 1. The van der Waals surface area contributed by atoms with Gasteiger partial charge in [0, 0.05) is 10.9 Å². The first kappa shape index (κ1) is 23.5. The van der Waals surface area contributed by atoms with Crippen molar-refractivity contribution in [3.63, 3.8) is 0 Å². The van der Waals surface area contributed by atoms with Crippen molar-refractivity contribution in [2.24, 2.45) is 10.2 Å². The maximum Gasteiger partial charge on any atom is 0.290 e. The second kappa shape index (κ2) is 9.20. The summed E-state index contributed by atoms with van der Waals surface area (Å²) in [6, 6.07) is 14.6. The molecule has 0 spiro atoms. The van der Waals surface area contributed by atoms with Crippen molar-refractivity contribution < 1.29 is 18.0 Å². The topological polar surface area (TPSA) is 125 Å². The van der Waals surface area contributed by atoms with Gasteiger partial charge >= 0.3 is 0 Å². The second-order valence-electron chi connectivity index (χ2n) is 8.45. The molecule has 0 saturated heterocycles. The zero-order valence-electron chi connectivity index (χ0n) is 20.2. The lowest BCUT2D eigenvalue weighted by molar-refractivity contribution is 0.0947. The Morgan fingerprint density at radius 1 is 1.03 bits per heavy atom. The number of carbonyl (C=O) groups excluding carboxylic acids is 1. The summed E-state index contributed by atoms with van der Waals surface area (Å²) in [4.78, 5) is 19.3. The summed E-state index contributed by atoms with van der Waals surface area (Å²) in [6.45, 7) is 3.46. The quantitative estimate of drug-likeness (QED) is 0.233. The van der Waals surface area contributed by atoms with Gasteiger partial charge in [0.15, 0.2) is 5.76 Å². The molecule has 0 unspecified atom stereocenters. The van der Waals surface area contributed by atoms with Crippen molar-refractivity contribution in [2.75, 3.05) is 5.73 Å². The molecule has 0 radical (unpaired) electrons. The summed E-state index contributed by atoms with van der Waals surface area (Å²) >= 11 is 1.17. The summed E-state index contributed by atoms with van der Waals surface area (Å²) in [5, 5.41) is 13.4. The Morgan fingerprint density at radius 3 is 2.42 bits per heavy atom. The number of anilines is 1. The minimum absolute atomic E-state index is 0.280. The highest BCUT2D eigenvalue weighted by atomic mass is 32.1. The third-order valence-electron chi connectivity index (χ3n) is 5.99. The molecular weight excluding hydrogens is 507 g/mol. The molecular formula is C27H19FN6O3S. The number of benzene rings is 1. The van der Waals surface area contributed by atoms with Crippen molar-refractivity contribution in [3.8, 4) is 22.8 Å². The average Bonchev–Trinajstić information content (AvgIpc) is 3.72. The fourth-order valence-corrected chi connectivity index (χ4v) is 5.19. The van der Waals surface area contributed by atoms with Gasteiger partial charge in [0.25, 0.3) is 5.91 Å². The van der Waals surface area contributed by atoms with Crippen LogP contribution in [-0.2, 0) is 0 Å². The van der Waals surface area contributed by atoms with E-state index >= 15 is 0 Å². The number of nitrogens with two attached hydrogens (primary N) is 1. The van der Waals surface area contributed by atoms with Crippen molar-refractivity contribution in [2.45, 2.75) is 13.8 Å². The summed E-state index contributed by atoms with van der Waals surface area (Å²) in [6.07, 6.45) is 3.14. The number of thiophene rings is 1. The SMILES string of the molecule is Cc1nn(C(=O)c2sc3nc(-c4ccco4)cc(-c4ccco4)c3c2N)c(C)c1N=Nc1ccc(F)cc1. The minimum Gasteiger partial charge on any atom is -0.464 e. The number of halogens is 1. The highest BCUT2D eigenvalue weighted by Crippen LogP contribution is 2.42. The molecule has 0 bridgehead atoms. The van der Waals surface area contributed by atoms with E-state index in [1.165, 1.54) is 40.3 Å². The zero-order valence-corrected chi connectivity index (χ0v) is 21.0. The summed E-state index contributed by atoms with van der Waals surface area (Å²) < 4.78 is 25.7. The molecule has 6 rings (SSSR count). The summed E-state index contributed by atoms with van der Waals surface area (Å²) in [5.41, 5.74) is 10.0. The third kappa shape index (κ3) is 3.98. The fraction of sp³-hybridized carbons (Fsp3) is 0.0741. The van der Waals surface area contributed by atoms with Crippen molar-refractivity contribution in [1.29, 1.82) is 0 Å². The van der Waals surface area contributed by atoms with Crippen LogP contribution in [0.2, 0.25) is 0 Å². The van der Waals surface area contributed by atoms with Gasteiger partial charge in [-0.1, -0.05) is 0 Å². The summed E-state index contributed by atoms with van der Waals surface area (Å²) in [7, 11) is 0. The van der Waals surface area contributed by atoms with E-state index < -0.39 is 5.91 Å². The van der Waals surface area contributed by atoms with Gasteiger partial charge in [0.05, 0.1) is 35.3 Å². The van der Waals surface area contributed by atoms with Crippen LogP contribution in [0.1, 0.15) is 21.1 Å². The normalized spacial score (nSPS) is 11.7. The number of nitrogens with zero attached hydrogens (tertiary/aromatic N) is 5. The van der Waals surface area contributed by atoms with E-state index in [0.29, 0.717) is 55.8 Å². The van der Waals surface area contributed by atoms with Crippen molar-refractivity contribution in [3.05, 3.63) is 89.2 Å². The number of hydrogen-bond donors (Lipinski definition) is 1. The van der Waals surface area contributed by atoms with Gasteiger partial charge in [-0.05, 0) is 68.4 Å². The standard InChI is InChI=1S/C27H19FN6O3S/c1-14-24(32-31-17-9-7-16(28)8-10-17)15(2)34(33-14)27(35)25-23(29)22-18(20-5-3-11-36-20)13-19(30-26(22)38-25)21-6-4-12-37-21/h3-13H,29H2,1-2H3. The van der Waals surface area contributed by atoms with Crippen LogP contribution in [0.3, 0.4) is 0 Å². The van der Waals surface area contributed by atoms with E-state index in [1.807, 2.05) is 12.1 Å². The highest BCUT2D eigenvalue weighted by Gasteiger charge is 2.26. The summed E-state index contributed by atoms with van der Waals surface area (Å²) in [5.74, 6) is 0.383. The van der Waals surface area contributed by atoms with Crippen LogP contribution in [0.5, 0.6) is 0 Å². The Hall–Kier alpha value is -4.90. The zero-order chi connectivity index (χ0) is 26.4. The van der Waals surface area contributed by atoms with Gasteiger partial charge in [0.1, 0.15) is 32.7 Å². The number of fused-ring (bicyclic) bond motifs is 1. The van der Waals surface area contributed by atoms with E-state index in [0.717, 1.165) is 0 Å². The average molecular weight is 527 g/mol. The molecule has 9 nitrogen and oxygen atoms in total. The largest absolute Gasteiger partial charge is 0.464 e. The lowest BCUT2D eigenvalue weighted by atomic mass is 10.1. The number of rotatable bonds is 5. The van der Waals surface area contributed by atoms with Crippen molar-refractivity contribution in [1.82, 2.24) is 14.8 Å². The van der Waals surface area contributed by atoms with Gasteiger partial charge in [-0.15, -0.1) is 16.5 Å². The fourth-order valence-electron chi connectivity index (χ4n) is 4.15. The van der Waals surface area contributed by atoms with E-state index in [1.54, 1.807) is 44.6 Å². The van der Waals surface area contributed by atoms with Crippen LogP contribution in [-0.4, -0.2) is 20.7 Å². The molecule has 0 atom stereocenters. The molecule has 2 N–H and O–H groups in total. The van der Waals surface area contributed by atoms with Gasteiger partial charge < -0.3 is 14.6 Å². The Morgan fingerprint density at radius 2 is 1.74 bits per heavy atom. The van der Waals surface area contributed by atoms with Crippen molar-refractivity contribution >= 4 is 44.5 Å². The smallest absolute Gasteiger partial charge is 0.290 e. The monoisotopic (exact) mass is 526 g/mol. The number of aryl methyl sites for hydroxylation is 1. The number of furan rings is 2. The first-order valence-corrected chi connectivity index (χ1v) is 12.3.